The second-order valence-corrected chi connectivity index (χ2v) is 19.6. The standard InChI is InChI=1S/C62H68N3O.Pt/c1-37(2)44-29-45(38(3)4)31-46(30-44)42-21-24-55(39(5)27-42)65-56-18-16-17-52(57(56)64-59(65)53-36-50(61(10,11)12)28-40(6)58(53)66)47-32-48(34-51(33-47)62(13,14)15)54-35-43(25-26-63-54)41-19-22-49(23-20-41)60(7,8)9;/h16-31,33-38,66H,1-15H3;/q-1;/i5D3,7D3,8D3,9D3,19D,20D,22D,23D,25D,26D,35D,37D,38D;. The van der Waals surface area contributed by atoms with Gasteiger partial charge in [-0.3, -0.25) is 9.55 Å². The van der Waals surface area contributed by atoms with Gasteiger partial charge >= 0.3 is 0 Å². The average molecular weight is 1090 g/mol. The third-order valence-electron chi connectivity index (χ3n) is 11.9. The number of pyridine rings is 1. The van der Waals surface area contributed by atoms with Crippen molar-refractivity contribution in [1.82, 2.24) is 14.5 Å². The Morgan fingerprint density at radius 1 is 0.657 bits per heavy atom. The number of aromatic hydroxyl groups is 1. The SMILES string of the molecule is [2H]c1nc(-c2[c-]c(-c3cccc4c3nc(-c3cc(C(C)(C)C)cc(C)c3O)n4-c3ccc(-c4cc(C([2H])(C)C)cc(C([2H])(C)C)c4)cc3C([2H])([2H])[2H])cc(C(C)(C)C)c2)c([2H])c(-c2c([2H])c([2H])c(C(C([2H])([2H])[2H])(C([2H])([2H])[2H])C([2H])([2H])[2H])c([2H])c2[2H])c1[2H].[Pt]. The van der Waals surface area contributed by atoms with E-state index in [1.165, 1.54) is 0 Å². The molecule has 0 radical (unpaired) electrons. The molecule has 2 aromatic heterocycles. The van der Waals surface area contributed by atoms with Crippen LogP contribution in [-0.4, -0.2) is 19.6 Å². The maximum Gasteiger partial charge on any atom is 0.148 e. The summed E-state index contributed by atoms with van der Waals surface area (Å²) in [7, 11) is 0. The number of aryl methyl sites for hydroxylation is 2. The van der Waals surface area contributed by atoms with Crippen molar-refractivity contribution in [2.75, 3.05) is 0 Å². The van der Waals surface area contributed by atoms with Crippen LogP contribution in [-0.2, 0) is 37.3 Å². The molecule has 348 valence electrons. The van der Waals surface area contributed by atoms with Crippen molar-refractivity contribution >= 4 is 11.0 Å². The zero-order valence-corrected chi connectivity index (χ0v) is 41.9. The predicted molar refractivity (Wildman–Crippen MR) is 280 cm³/mol. The molecule has 0 aliphatic rings. The Kier molecular flexibility index (Phi) is 7.92. The molecule has 1 N–H and O–H groups in total. The number of phenolic OH excluding ortho intramolecular Hbond substituents is 1. The molecule has 0 fully saturated rings. The predicted octanol–water partition coefficient (Wildman–Crippen LogP) is 17.0. The van der Waals surface area contributed by atoms with Crippen molar-refractivity contribution in [2.24, 2.45) is 0 Å². The van der Waals surface area contributed by atoms with Gasteiger partial charge in [-0.1, -0.05) is 174 Å². The minimum atomic E-state index is -3.96. The number of hydrogen-bond acceptors (Lipinski definition) is 3. The average Bonchev–Trinajstić information content (AvgIpc) is 1.44. The fourth-order valence-electron chi connectivity index (χ4n) is 7.88. The topological polar surface area (TPSA) is 50.9 Å². The van der Waals surface area contributed by atoms with E-state index in [0.29, 0.717) is 55.5 Å². The number of nitrogens with zero attached hydrogens (tertiary/aromatic N) is 3. The number of aromatic nitrogens is 3. The van der Waals surface area contributed by atoms with Crippen LogP contribution < -0.4 is 0 Å². The molecule has 0 amide bonds. The van der Waals surface area contributed by atoms with Gasteiger partial charge in [0, 0.05) is 52.1 Å². The quantitative estimate of drug-likeness (QED) is 0.154. The van der Waals surface area contributed by atoms with Crippen LogP contribution in [0, 0.1) is 19.8 Å². The molecule has 6 aromatic carbocycles. The molecule has 8 aromatic rings. The minimum absolute atomic E-state index is 0. The normalized spacial score (nSPS) is 17.9. The molecule has 2 heterocycles. The fraction of sp³-hybridized carbons (Fsp3) is 0.323. The number of phenols is 1. The third kappa shape index (κ3) is 10.0. The maximum absolute atomic E-state index is 12.1. The Bertz CT molecular complexity index is 3990. The van der Waals surface area contributed by atoms with Crippen LogP contribution in [0.3, 0.4) is 0 Å². The van der Waals surface area contributed by atoms with Gasteiger partial charge in [0.05, 0.1) is 31.9 Å². The number of fused-ring (bicyclic) bond motifs is 1. The van der Waals surface area contributed by atoms with Crippen molar-refractivity contribution in [1.29, 1.82) is 0 Å². The molecule has 5 heteroatoms. The van der Waals surface area contributed by atoms with Crippen LogP contribution in [0.2, 0.25) is 0 Å². The molecule has 0 saturated carbocycles. The molecule has 0 aliphatic carbocycles. The van der Waals surface area contributed by atoms with Crippen molar-refractivity contribution in [3.05, 3.63) is 166 Å². The Labute approximate surface area is 444 Å². The van der Waals surface area contributed by atoms with E-state index in [9.17, 15) is 9.22 Å². The van der Waals surface area contributed by atoms with Crippen LogP contribution in [0.25, 0.3) is 72.7 Å². The molecule has 0 aliphatic heterocycles. The summed E-state index contributed by atoms with van der Waals surface area (Å²) in [5.41, 5.74) is -2.21. The zero-order valence-electron chi connectivity index (χ0n) is 60.6. The summed E-state index contributed by atoms with van der Waals surface area (Å²) < 4.78 is 185. The number of benzene rings is 6. The Morgan fingerprint density at radius 3 is 1.94 bits per heavy atom. The third-order valence-corrected chi connectivity index (χ3v) is 11.9. The number of imidazole rings is 1. The van der Waals surface area contributed by atoms with Crippen LogP contribution in [0.1, 0.15) is 169 Å². The van der Waals surface area contributed by atoms with Crippen molar-refractivity contribution < 1.29 is 55.0 Å². The summed E-state index contributed by atoms with van der Waals surface area (Å²) in [6, 6.07) is 19.5. The molecule has 0 saturated heterocycles. The van der Waals surface area contributed by atoms with Gasteiger partial charge in [0.1, 0.15) is 11.6 Å². The summed E-state index contributed by atoms with van der Waals surface area (Å²) in [6.45, 7) is 5.81. The molecule has 4 nitrogen and oxygen atoms in total. The first-order valence-electron chi connectivity index (χ1n) is 32.3. The molecular formula is C62H68N3OPt-. The Hall–Kier alpha value is -5.57. The van der Waals surface area contributed by atoms with Crippen LogP contribution in [0.15, 0.2) is 121 Å². The summed E-state index contributed by atoms with van der Waals surface area (Å²) >= 11 is 0. The smallest absolute Gasteiger partial charge is 0.148 e. The Morgan fingerprint density at radius 2 is 1.31 bits per heavy atom. The summed E-state index contributed by atoms with van der Waals surface area (Å²) in [4.78, 5) is 9.65. The second kappa shape index (κ2) is 18.5. The van der Waals surface area contributed by atoms with Crippen LogP contribution in [0.5, 0.6) is 5.75 Å². The monoisotopic (exact) mass is 1090 g/mol. The molecule has 0 unspecified atom stereocenters. The van der Waals surface area contributed by atoms with Gasteiger partial charge in [-0.2, -0.15) is 0 Å². The van der Waals surface area contributed by atoms with Gasteiger partial charge in [-0.05, 0) is 128 Å². The molecule has 0 spiro atoms. The summed E-state index contributed by atoms with van der Waals surface area (Å²) in [5, 5.41) is 12.1. The molecule has 0 atom stereocenters. The van der Waals surface area contributed by atoms with Gasteiger partial charge in [0.2, 0.25) is 0 Å². The number of rotatable bonds is 8. The molecule has 8 rings (SSSR count). The first-order valence-corrected chi connectivity index (χ1v) is 21.8. The van der Waals surface area contributed by atoms with E-state index in [0.717, 1.165) is 5.56 Å². The van der Waals surface area contributed by atoms with E-state index in [-0.39, 0.29) is 60.7 Å². The first kappa shape index (κ1) is 28.7. The van der Waals surface area contributed by atoms with Gasteiger partial charge in [0.15, 0.2) is 0 Å². The van der Waals surface area contributed by atoms with Gasteiger partial charge < -0.3 is 5.11 Å². The first-order chi connectivity index (χ1) is 39.5. The maximum atomic E-state index is 12.1. The summed E-state index contributed by atoms with van der Waals surface area (Å²) in [6.07, 6.45) is -0.808. The molecule has 0 bridgehead atoms. The second-order valence-electron chi connectivity index (χ2n) is 19.6. The van der Waals surface area contributed by atoms with Crippen LogP contribution >= 0.6 is 0 Å². The largest absolute Gasteiger partial charge is 0.507 e. The van der Waals surface area contributed by atoms with E-state index in [4.69, 9.17) is 29.7 Å². The van der Waals surface area contributed by atoms with Crippen LogP contribution in [0.4, 0.5) is 0 Å². The van der Waals surface area contributed by atoms with Crippen molar-refractivity contribution in [2.45, 2.75) is 132 Å². The minimum Gasteiger partial charge on any atom is -0.507 e. The number of hydrogen-bond donors (Lipinski definition) is 1. The van der Waals surface area contributed by atoms with Gasteiger partial charge in [0.25, 0.3) is 0 Å². The number of para-hydroxylation sites is 1. The zero-order chi connectivity index (χ0) is 65.6. The van der Waals surface area contributed by atoms with Crippen molar-refractivity contribution in [3.8, 4) is 67.5 Å². The van der Waals surface area contributed by atoms with E-state index in [2.05, 4.69) is 11.1 Å². The molecular weight excluding hydrogens is 998 g/mol. The summed E-state index contributed by atoms with van der Waals surface area (Å²) in [5.74, 6) is -2.09. The van der Waals surface area contributed by atoms with E-state index >= 15 is 0 Å². The Balaban J connectivity index is 0.0000110. The van der Waals surface area contributed by atoms with Crippen molar-refractivity contribution in [3.63, 3.8) is 0 Å². The molecule has 67 heavy (non-hydrogen) atoms. The van der Waals surface area contributed by atoms with Gasteiger partial charge in [-0.15, -0.1) is 29.3 Å². The van der Waals surface area contributed by atoms with Gasteiger partial charge in [-0.25, -0.2) is 4.98 Å². The van der Waals surface area contributed by atoms with E-state index in [1.807, 2.05) is 77.9 Å². The fourth-order valence-corrected chi connectivity index (χ4v) is 7.88. The van der Waals surface area contributed by atoms with E-state index < -0.39 is 115 Å². The van der Waals surface area contributed by atoms with E-state index in [1.54, 1.807) is 81.7 Å².